The molecule has 0 N–H and O–H groups in total. The summed E-state index contributed by atoms with van der Waals surface area (Å²) in [4.78, 5) is 0. The molecule has 0 saturated heterocycles. The average Bonchev–Trinajstić information content (AvgIpc) is 2.73. The first-order valence-corrected chi connectivity index (χ1v) is 13.4. The van der Waals surface area contributed by atoms with Crippen LogP contribution in [0.4, 0.5) is 0 Å². The fourth-order valence-electron chi connectivity index (χ4n) is 4.53. The van der Waals surface area contributed by atoms with Gasteiger partial charge in [-0.3, -0.25) is 0 Å². The normalized spacial score (nSPS) is 28.2. The van der Waals surface area contributed by atoms with Crippen molar-refractivity contribution >= 4 is 8.32 Å². The number of hydrogen-bond acceptors (Lipinski definition) is 3. The number of benzene rings is 1. The molecular formula is C23H34O3Si. The van der Waals surface area contributed by atoms with E-state index < -0.39 is 8.32 Å². The monoisotopic (exact) mass is 386 g/mol. The zero-order chi connectivity index (χ0) is 19.7. The van der Waals surface area contributed by atoms with E-state index in [0.717, 1.165) is 25.0 Å². The lowest BCUT2D eigenvalue weighted by molar-refractivity contribution is 0.0178. The Morgan fingerprint density at radius 1 is 1.15 bits per heavy atom. The molecule has 0 bridgehead atoms. The molecular weight excluding hydrogens is 352 g/mol. The third kappa shape index (κ3) is 4.73. The number of fused-ring (bicyclic) bond motifs is 1. The third-order valence-corrected chi connectivity index (χ3v) is 6.67. The highest BCUT2D eigenvalue weighted by Gasteiger charge is 2.50. The molecule has 0 heterocycles. The lowest BCUT2D eigenvalue weighted by atomic mass is 9.89. The third-order valence-electron chi connectivity index (χ3n) is 5.59. The Labute approximate surface area is 165 Å². The van der Waals surface area contributed by atoms with Gasteiger partial charge in [0.25, 0.3) is 0 Å². The summed E-state index contributed by atoms with van der Waals surface area (Å²) in [6.45, 7) is 12.0. The van der Waals surface area contributed by atoms with Crippen molar-refractivity contribution in [3.63, 3.8) is 0 Å². The van der Waals surface area contributed by atoms with Crippen LogP contribution in [0.5, 0.6) is 5.75 Å². The van der Waals surface area contributed by atoms with Gasteiger partial charge >= 0.3 is 0 Å². The smallest absolute Gasteiger partial charge is 0.184 e. The van der Waals surface area contributed by atoms with Crippen molar-refractivity contribution in [2.75, 3.05) is 7.11 Å². The Morgan fingerprint density at radius 2 is 1.85 bits per heavy atom. The van der Waals surface area contributed by atoms with Gasteiger partial charge in [0.15, 0.2) is 8.32 Å². The van der Waals surface area contributed by atoms with Crippen LogP contribution < -0.4 is 4.74 Å². The van der Waals surface area contributed by atoms with E-state index in [1.54, 1.807) is 7.11 Å². The molecule has 1 saturated carbocycles. The molecule has 0 radical (unpaired) electrons. The second kappa shape index (κ2) is 7.94. The molecule has 3 rings (SSSR count). The van der Waals surface area contributed by atoms with Crippen molar-refractivity contribution in [1.82, 2.24) is 0 Å². The minimum absolute atomic E-state index is 0.126. The van der Waals surface area contributed by atoms with Crippen LogP contribution in [0.25, 0.3) is 0 Å². The Kier molecular flexibility index (Phi) is 5.99. The molecule has 0 spiro atoms. The average molecular weight is 387 g/mol. The van der Waals surface area contributed by atoms with Gasteiger partial charge in [0.05, 0.1) is 25.4 Å². The van der Waals surface area contributed by atoms with Crippen LogP contribution in [0.3, 0.4) is 0 Å². The van der Waals surface area contributed by atoms with E-state index in [1.807, 2.05) is 12.1 Å². The topological polar surface area (TPSA) is 27.7 Å². The molecule has 27 heavy (non-hydrogen) atoms. The van der Waals surface area contributed by atoms with Crippen LogP contribution in [0.15, 0.2) is 47.6 Å². The first kappa shape index (κ1) is 20.4. The van der Waals surface area contributed by atoms with Gasteiger partial charge in [-0.15, -0.1) is 0 Å². The zero-order valence-corrected chi connectivity index (χ0v) is 18.7. The maximum absolute atomic E-state index is 6.73. The van der Waals surface area contributed by atoms with Crippen LogP contribution in [-0.4, -0.2) is 27.1 Å². The van der Waals surface area contributed by atoms with Crippen molar-refractivity contribution in [3.05, 3.63) is 53.1 Å². The zero-order valence-electron chi connectivity index (χ0n) is 17.7. The number of hydrogen-bond donors (Lipinski definition) is 0. The fourth-order valence-corrected chi connectivity index (χ4v) is 6.14. The Morgan fingerprint density at radius 3 is 2.48 bits per heavy atom. The predicted molar refractivity (Wildman–Crippen MR) is 114 cm³/mol. The van der Waals surface area contributed by atoms with Gasteiger partial charge in [-0.2, -0.15) is 0 Å². The highest BCUT2D eigenvalue weighted by Crippen LogP contribution is 2.49. The molecule has 1 aromatic rings. The molecule has 1 fully saturated rings. The lowest BCUT2D eigenvalue weighted by Crippen LogP contribution is -2.43. The van der Waals surface area contributed by atoms with Gasteiger partial charge in [-0.05, 0) is 69.6 Å². The molecule has 0 aliphatic heterocycles. The number of allylic oxidation sites excluding steroid dienone is 2. The van der Waals surface area contributed by atoms with E-state index in [9.17, 15) is 0 Å². The van der Waals surface area contributed by atoms with E-state index in [0.29, 0.717) is 12.5 Å². The molecule has 0 unspecified atom stereocenters. The van der Waals surface area contributed by atoms with Gasteiger partial charge in [0.2, 0.25) is 0 Å². The van der Waals surface area contributed by atoms with Crippen LogP contribution in [0.1, 0.15) is 38.7 Å². The van der Waals surface area contributed by atoms with E-state index in [2.05, 4.69) is 57.8 Å². The summed E-state index contributed by atoms with van der Waals surface area (Å²) in [6, 6.07) is 8.15. The molecule has 2 aliphatic rings. The molecule has 3 atom stereocenters. The quantitative estimate of drug-likeness (QED) is 0.451. The summed E-state index contributed by atoms with van der Waals surface area (Å²) in [6.07, 6.45) is 7.99. The Balaban J connectivity index is 1.82. The van der Waals surface area contributed by atoms with E-state index in [-0.39, 0.29) is 11.7 Å². The molecule has 2 aliphatic carbocycles. The fraction of sp³-hybridized carbons (Fsp3) is 0.565. The van der Waals surface area contributed by atoms with Gasteiger partial charge in [-0.25, -0.2) is 0 Å². The molecule has 0 aromatic heterocycles. The minimum Gasteiger partial charge on any atom is -0.497 e. The number of rotatable bonds is 6. The predicted octanol–water partition coefficient (Wildman–Crippen LogP) is 5.88. The van der Waals surface area contributed by atoms with Crippen LogP contribution >= 0.6 is 0 Å². The van der Waals surface area contributed by atoms with E-state index in [4.69, 9.17) is 13.9 Å². The second-order valence-electron chi connectivity index (χ2n) is 9.06. The van der Waals surface area contributed by atoms with Gasteiger partial charge < -0.3 is 13.9 Å². The van der Waals surface area contributed by atoms with Crippen molar-refractivity contribution in [1.29, 1.82) is 0 Å². The standard InChI is InChI=1S/C23H34O3Si/c1-17-9-7-8-10-20-22(17)21(15-23(20,2)26-27(4,5)6)25-16-18-11-13-19(24-3)14-12-18/h8,10-14,20-21H,7,9,15-16H2,1-6H3/t20-,21+,23+/m1/s1. The number of ether oxygens (including phenoxy) is 2. The summed E-state index contributed by atoms with van der Waals surface area (Å²) in [5.41, 5.74) is 3.94. The largest absolute Gasteiger partial charge is 0.497 e. The molecule has 1 aromatic carbocycles. The van der Waals surface area contributed by atoms with Gasteiger partial charge in [0.1, 0.15) is 5.75 Å². The van der Waals surface area contributed by atoms with Crippen LogP contribution in [0, 0.1) is 5.92 Å². The number of methoxy groups -OCH3 is 1. The van der Waals surface area contributed by atoms with Crippen molar-refractivity contribution in [2.45, 2.75) is 71.1 Å². The first-order chi connectivity index (χ1) is 12.7. The highest BCUT2D eigenvalue weighted by molar-refractivity contribution is 6.69. The maximum atomic E-state index is 6.73. The summed E-state index contributed by atoms with van der Waals surface area (Å²) in [5.74, 6) is 1.20. The first-order valence-electron chi connectivity index (χ1n) is 10.0. The van der Waals surface area contributed by atoms with Gasteiger partial charge in [0, 0.05) is 12.3 Å². The summed E-state index contributed by atoms with van der Waals surface area (Å²) in [7, 11) is 0.0305. The van der Waals surface area contributed by atoms with E-state index >= 15 is 0 Å². The Hall–Kier alpha value is -1.36. The SMILES string of the molecule is COc1ccc(CO[C@H]2C[C@](C)(O[Si](C)(C)C)[C@@H]3C=CCCC(C)=C23)cc1. The molecule has 3 nitrogen and oxygen atoms in total. The van der Waals surface area contributed by atoms with Crippen molar-refractivity contribution in [3.8, 4) is 5.75 Å². The molecule has 4 heteroatoms. The second-order valence-corrected chi connectivity index (χ2v) is 13.5. The molecule has 0 amide bonds. The maximum Gasteiger partial charge on any atom is 0.184 e. The van der Waals surface area contributed by atoms with E-state index in [1.165, 1.54) is 16.7 Å². The van der Waals surface area contributed by atoms with Gasteiger partial charge in [-0.1, -0.05) is 29.9 Å². The highest BCUT2D eigenvalue weighted by atomic mass is 28.4. The van der Waals surface area contributed by atoms with Crippen molar-refractivity contribution < 1.29 is 13.9 Å². The lowest BCUT2D eigenvalue weighted by Gasteiger charge is -2.36. The minimum atomic E-state index is -1.66. The summed E-state index contributed by atoms with van der Waals surface area (Å²) >= 11 is 0. The van der Waals surface area contributed by atoms with Crippen LogP contribution in [-0.2, 0) is 15.8 Å². The Bertz CT molecular complexity index is 714. The van der Waals surface area contributed by atoms with Crippen molar-refractivity contribution in [2.24, 2.45) is 5.92 Å². The molecule has 148 valence electrons. The summed E-state index contributed by atoms with van der Waals surface area (Å²) < 4.78 is 18.5. The summed E-state index contributed by atoms with van der Waals surface area (Å²) in [5, 5.41) is 0. The van der Waals surface area contributed by atoms with Crippen LogP contribution in [0.2, 0.25) is 19.6 Å².